The van der Waals surface area contributed by atoms with Gasteiger partial charge in [0.25, 0.3) is 0 Å². The highest BCUT2D eigenvalue weighted by Crippen LogP contribution is 2.27. The number of ether oxygens (including phenoxy) is 2. The largest absolute Gasteiger partial charge is 0.573 e. The average molecular weight is 318 g/mol. The molecule has 0 heterocycles. The van der Waals surface area contributed by atoms with E-state index in [1.54, 1.807) is 0 Å². The molecule has 1 rings (SSSR count). The van der Waals surface area contributed by atoms with E-state index in [0.29, 0.717) is 0 Å². The molecule has 0 aliphatic heterocycles. The van der Waals surface area contributed by atoms with Crippen LogP contribution < -0.4 is 10.5 Å². The molecule has 0 saturated heterocycles. The Balaban J connectivity index is 0.00000361. The molecule has 1 aromatic rings. The standard InChI is InChI=1S/C11H11F4NO3.ClH/c1-18-10(17)5-8(16)6-2-3-9(7(12)4-6)19-11(13,14)15;/h2-4,8H,5,16H2,1H3;1H/t8-;/m1./s1. The summed E-state index contributed by atoms with van der Waals surface area (Å²) in [5.41, 5.74) is 5.75. The Bertz CT molecular complexity index is 467. The lowest BCUT2D eigenvalue weighted by Crippen LogP contribution is -2.19. The number of methoxy groups -OCH3 is 1. The Morgan fingerprint density at radius 3 is 2.45 bits per heavy atom. The summed E-state index contributed by atoms with van der Waals surface area (Å²) in [5, 5.41) is 0. The van der Waals surface area contributed by atoms with Crippen molar-refractivity contribution in [1.82, 2.24) is 0 Å². The maximum Gasteiger partial charge on any atom is 0.573 e. The Hall–Kier alpha value is -1.54. The number of nitrogens with two attached hydrogens (primary N) is 1. The van der Waals surface area contributed by atoms with Gasteiger partial charge in [-0.05, 0) is 17.7 Å². The third-order valence-corrected chi connectivity index (χ3v) is 2.22. The minimum absolute atomic E-state index is 0. The minimum atomic E-state index is -4.98. The minimum Gasteiger partial charge on any atom is -0.469 e. The molecule has 9 heteroatoms. The third kappa shape index (κ3) is 5.62. The van der Waals surface area contributed by atoms with E-state index < -0.39 is 29.9 Å². The van der Waals surface area contributed by atoms with Crippen molar-refractivity contribution in [2.45, 2.75) is 18.8 Å². The van der Waals surface area contributed by atoms with E-state index in [9.17, 15) is 22.4 Å². The van der Waals surface area contributed by atoms with Gasteiger partial charge >= 0.3 is 12.3 Å². The molecule has 0 fully saturated rings. The first-order valence-electron chi connectivity index (χ1n) is 5.10. The first-order valence-corrected chi connectivity index (χ1v) is 5.10. The molecule has 0 amide bonds. The number of esters is 1. The molecule has 0 aliphatic rings. The second-order valence-corrected chi connectivity index (χ2v) is 3.62. The number of benzene rings is 1. The van der Waals surface area contributed by atoms with Crippen LogP contribution in [0.25, 0.3) is 0 Å². The van der Waals surface area contributed by atoms with Gasteiger partial charge in [0, 0.05) is 6.04 Å². The average Bonchev–Trinajstić information content (AvgIpc) is 2.29. The second-order valence-electron chi connectivity index (χ2n) is 3.62. The van der Waals surface area contributed by atoms with Crippen molar-refractivity contribution in [3.63, 3.8) is 0 Å². The van der Waals surface area contributed by atoms with Gasteiger partial charge in [0.1, 0.15) is 0 Å². The number of rotatable bonds is 4. The van der Waals surface area contributed by atoms with Crippen molar-refractivity contribution in [1.29, 1.82) is 0 Å². The molecular weight excluding hydrogens is 306 g/mol. The molecule has 0 saturated carbocycles. The van der Waals surface area contributed by atoms with Crippen LogP contribution in [0.4, 0.5) is 17.6 Å². The number of hydrogen-bond acceptors (Lipinski definition) is 4. The molecule has 0 unspecified atom stereocenters. The van der Waals surface area contributed by atoms with Crippen LogP contribution in [0.1, 0.15) is 18.0 Å². The van der Waals surface area contributed by atoms with Crippen molar-refractivity contribution in [2.24, 2.45) is 5.73 Å². The van der Waals surface area contributed by atoms with E-state index in [1.807, 2.05) is 0 Å². The maximum atomic E-state index is 13.4. The van der Waals surface area contributed by atoms with Crippen molar-refractivity contribution in [3.05, 3.63) is 29.6 Å². The Morgan fingerprint density at radius 1 is 1.40 bits per heavy atom. The van der Waals surface area contributed by atoms with E-state index in [1.165, 1.54) is 0 Å². The van der Waals surface area contributed by atoms with Gasteiger partial charge < -0.3 is 15.2 Å². The lowest BCUT2D eigenvalue weighted by molar-refractivity contribution is -0.275. The van der Waals surface area contributed by atoms with Crippen LogP contribution in [0.15, 0.2) is 18.2 Å². The first kappa shape index (κ1) is 18.5. The monoisotopic (exact) mass is 317 g/mol. The second kappa shape index (κ2) is 7.30. The van der Waals surface area contributed by atoms with E-state index in [0.717, 1.165) is 25.3 Å². The molecule has 20 heavy (non-hydrogen) atoms. The Kier molecular flexibility index (Phi) is 6.74. The first-order chi connectivity index (χ1) is 8.73. The normalized spacial score (nSPS) is 12.3. The zero-order valence-electron chi connectivity index (χ0n) is 10.2. The van der Waals surface area contributed by atoms with Gasteiger partial charge in [-0.3, -0.25) is 4.79 Å². The topological polar surface area (TPSA) is 61.5 Å². The molecule has 0 bridgehead atoms. The lowest BCUT2D eigenvalue weighted by atomic mass is 10.0. The number of hydrogen-bond donors (Lipinski definition) is 1. The van der Waals surface area contributed by atoms with Crippen LogP contribution in [-0.2, 0) is 9.53 Å². The van der Waals surface area contributed by atoms with Gasteiger partial charge in [0.2, 0.25) is 0 Å². The van der Waals surface area contributed by atoms with Gasteiger partial charge in [0.05, 0.1) is 13.5 Å². The highest BCUT2D eigenvalue weighted by Gasteiger charge is 2.32. The molecule has 0 aliphatic carbocycles. The van der Waals surface area contributed by atoms with E-state index in [4.69, 9.17) is 5.73 Å². The van der Waals surface area contributed by atoms with Crippen molar-refractivity contribution < 1.29 is 31.8 Å². The lowest BCUT2D eigenvalue weighted by Gasteiger charge is -2.13. The number of alkyl halides is 3. The molecule has 1 atom stereocenters. The fraction of sp³-hybridized carbons (Fsp3) is 0.364. The summed E-state index contributed by atoms with van der Waals surface area (Å²) in [5.74, 6) is -2.78. The molecule has 4 nitrogen and oxygen atoms in total. The van der Waals surface area contributed by atoms with Crippen LogP contribution in [0.3, 0.4) is 0 Å². The quantitative estimate of drug-likeness (QED) is 0.685. The van der Waals surface area contributed by atoms with E-state index in [-0.39, 0.29) is 24.4 Å². The molecular formula is C11H12ClF4NO3. The predicted molar refractivity (Wildman–Crippen MR) is 63.9 cm³/mol. The predicted octanol–water partition coefficient (Wildman–Crippen LogP) is 2.71. The fourth-order valence-electron chi connectivity index (χ4n) is 1.34. The van der Waals surface area contributed by atoms with Crippen molar-refractivity contribution >= 4 is 18.4 Å². The fourth-order valence-corrected chi connectivity index (χ4v) is 1.34. The summed E-state index contributed by atoms with van der Waals surface area (Å²) in [6.07, 6.45) is -5.19. The summed E-state index contributed by atoms with van der Waals surface area (Å²) >= 11 is 0. The molecule has 0 aromatic heterocycles. The molecule has 1 aromatic carbocycles. The van der Waals surface area contributed by atoms with Crippen molar-refractivity contribution in [2.75, 3.05) is 7.11 Å². The zero-order chi connectivity index (χ0) is 14.6. The van der Waals surface area contributed by atoms with Gasteiger partial charge in [-0.15, -0.1) is 25.6 Å². The molecule has 0 radical (unpaired) electrons. The van der Waals surface area contributed by atoms with E-state index >= 15 is 0 Å². The number of carbonyl (C=O) groups excluding carboxylic acids is 1. The maximum absolute atomic E-state index is 13.4. The van der Waals surface area contributed by atoms with Gasteiger partial charge in [-0.2, -0.15) is 0 Å². The number of halogens is 5. The van der Waals surface area contributed by atoms with Crippen LogP contribution in [0, 0.1) is 5.82 Å². The SMILES string of the molecule is COC(=O)C[C@@H](N)c1ccc(OC(F)(F)F)c(F)c1.Cl. The highest BCUT2D eigenvalue weighted by molar-refractivity contribution is 5.85. The number of carbonyl (C=O) groups is 1. The van der Waals surface area contributed by atoms with Crippen LogP contribution in [-0.4, -0.2) is 19.4 Å². The van der Waals surface area contributed by atoms with Crippen molar-refractivity contribution in [3.8, 4) is 5.75 Å². The molecule has 114 valence electrons. The molecule has 2 N–H and O–H groups in total. The van der Waals surface area contributed by atoms with Gasteiger partial charge in [-0.1, -0.05) is 6.07 Å². The summed E-state index contributed by atoms with van der Waals surface area (Å²) < 4.78 is 57.0. The smallest absolute Gasteiger partial charge is 0.469 e. The zero-order valence-corrected chi connectivity index (χ0v) is 11.1. The van der Waals surface area contributed by atoms with Crippen LogP contribution in [0.2, 0.25) is 0 Å². The van der Waals surface area contributed by atoms with Crippen LogP contribution >= 0.6 is 12.4 Å². The van der Waals surface area contributed by atoms with Crippen LogP contribution in [0.5, 0.6) is 5.75 Å². The van der Waals surface area contributed by atoms with Gasteiger partial charge in [0.15, 0.2) is 11.6 Å². The summed E-state index contributed by atoms with van der Waals surface area (Å²) in [6.45, 7) is 0. The third-order valence-electron chi connectivity index (χ3n) is 2.22. The highest BCUT2D eigenvalue weighted by atomic mass is 35.5. The summed E-state index contributed by atoms with van der Waals surface area (Å²) in [4.78, 5) is 11.0. The van der Waals surface area contributed by atoms with Gasteiger partial charge in [-0.25, -0.2) is 4.39 Å². The molecule has 0 spiro atoms. The summed E-state index contributed by atoms with van der Waals surface area (Å²) in [7, 11) is 1.16. The Labute approximate surface area is 118 Å². The summed E-state index contributed by atoms with van der Waals surface area (Å²) in [6, 6.07) is 1.86. The van der Waals surface area contributed by atoms with E-state index in [2.05, 4.69) is 9.47 Å². The Morgan fingerprint density at radius 2 is 2.00 bits per heavy atom.